The molecule has 0 aliphatic rings. The second-order valence-corrected chi connectivity index (χ2v) is 7.32. The van der Waals surface area contributed by atoms with Crippen molar-refractivity contribution in [2.45, 2.75) is 130 Å². The maximum absolute atomic E-state index is 9.76. The number of aliphatic carboxylic acids is 4. The van der Waals surface area contributed by atoms with Gasteiger partial charge in [0.15, 0.2) is 0 Å². The quantitative estimate of drug-likeness (QED) is 0.132. The van der Waals surface area contributed by atoms with Crippen molar-refractivity contribution in [3.8, 4) is 0 Å². The minimum Gasteiger partial charge on any atom is -0.550 e. The van der Waals surface area contributed by atoms with Crippen LogP contribution in [0.5, 0.6) is 0 Å². The van der Waals surface area contributed by atoms with E-state index in [-0.39, 0.29) is 104 Å². The molecule has 0 radical (unpaired) electrons. The van der Waals surface area contributed by atoms with Crippen LogP contribution in [0.1, 0.15) is 130 Å². The third kappa shape index (κ3) is 86.7. The number of hydrogen-bond donors (Lipinski definition) is 0. The Morgan fingerprint density at radius 3 is 0.629 bits per heavy atom. The van der Waals surface area contributed by atoms with Gasteiger partial charge in [0.1, 0.15) is 0 Å². The molecule has 0 aromatic rings. The maximum Gasteiger partial charge on any atom is 2.00 e. The fourth-order valence-corrected chi connectivity index (χ4v) is 2.08. The molecule has 0 fully saturated rings. The molecular weight excluding hydrogens is 528 g/mol. The zero-order valence-corrected chi connectivity index (χ0v) is 30.3. The molecular formula is C24H44Na2O8Zn. The Morgan fingerprint density at radius 2 is 0.543 bits per heavy atom. The summed E-state index contributed by atoms with van der Waals surface area (Å²) in [7, 11) is 0. The normalized spacial score (nSPS) is 8.34. The zero-order valence-electron chi connectivity index (χ0n) is 23.3. The van der Waals surface area contributed by atoms with E-state index in [2.05, 4.69) is 0 Å². The molecule has 192 valence electrons. The van der Waals surface area contributed by atoms with Gasteiger partial charge in [-0.1, -0.05) is 79.1 Å². The second kappa shape index (κ2) is 47.7. The van der Waals surface area contributed by atoms with Crippen molar-refractivity contribution in [3.05, 3.63) is 0 Å². The van der Waals surface area contributed by atoms with Gasteiger partial charge in [-0.2, -0.15) is 0 Å². The average molecular weight is 572 g/mol. The Kier molecular flexibility index (Phi) is 70.9. The van der Waals surface area contributed by atoms with Crippen LogP contribution in [0.2, 0.25) is 0 Å². The Labute approximate surface area is 270 Å². The van der Waals surface area contributed by atoms with Gasteiger partial charge in [0.05, 0.1) is 0 Å². The smallest absolute Gasteiger partial charge is 0.550 e. The first-order valence-corrected chi connectivity index (χ1v) is 11.9. The summed E-state index contributed by atoms with van der Waals surface area (Å²) in [6.07, 6.45) is 12.1. The van der Waals surface area contributed by atoms with Crippen LogP contribution in [0, 0.1) is 0 Å². The van der Waals surface area contributed by atoms with Crippen LogP contribution in [0.25, 0.3) is 0 Å². The molecule has 0 atom stereocenters. The molecule has 0 aliphatic heterocycles. The summed E-state index contributed by atoms with van der Waals surface area (Å²) in [5, 5.41) is 39.1. The van der Waals surface area contributed by atoms with Crippen molar-refractivity contribution >= 4 is 23.9 Å². The first-order chi connectivity index (χ1) is 15.1. The molecule has 0 heterocycles. The molecule has 35 heavy (non-hydrogen) atoms. The van der Waals surface area contributed by atoms with E-state index in [1.807, 2.05) is 27.7 Å². The Bertz CT molecular complexity index is 373. The Hall–Kier alpha value is 0.503. The van der Waals surface area contributed by atoms with Crippen molar-refractivity contribution in [3.63, 3.8) is 0 Å². The number of unbranched alkanes of at least 4 members (excludes halogenated alkanes) is 8. The number of carbonyl (C=O) groups excluding carboxylic acids is 4. The van der Waals surface area contributed by atoms with E-state index < -0.39 is 23.9 Å². The molecule has 8 nitrogen and oxygen atoms in total. The summed E-state index contributed by atoms with van der Waals surface area (Å²) in [5.74, 6) is -3.73. The molecule has 11 heteroatoms. The van der Waals surface area contributed by atoms with E-state index in [0.29, 0.717) is 0 Å². The molecule has 0 saturated carbocycles. The number of hydrogen-bond acceptors (Lipinski definition) is 8. The van der Waals surface area contributed by atoms with Crippen LogP contribution in [-0.2, 0) is 38.7 Å². The molecule has 0 aromatic carbocycles. The fraction of sp³-hybridized carbons (Fsp3) is 0.833. The number of rotatable bonds is 16. The molecule has 0 amide bonds. The van der Waals surface area contributed by atoms with Gasteiger partial charge in [-0.05, 0) is 51.4 Å². The van der Waals surface area contributed by atoms with Gasteiger partial charge in [0, 0.05) is 23.9 Å². The molecule has 0 aromatic heterocycles. The molecule has 0 saturated heterocycles. The minimum absolute atomic E-state index is 0. The largest absolute Gasteiger partial charge is 2.00 e. The van der Waals surface area contributed by atoms with Crippen molar-refractivity contribution < 1.29 is 118 Å². The predicted molar refractivity (Wildman–Crippen MR) is 117 cm³/mol. The number of carboxylic acid groups (broad SMARTS) is 4. The van der Waals surface area contributed by atoms with Crippen LogP contribution in [0.4, 0.5) is 0 Å². The van der Waals surface area contributed by atoms with Crippen LogP contribution >= 0.6 is 0 Å². The van der Waals surface area contributed by atoms with E-state index in [9.17, 15) is 39.6 Å². The van der Waals surface area contributed by atoms with E-state index in [0.717, 1.165) is 77.0 Å². The van der Waals surface area contributed by atoms with Gasteiger partial charge in [0.25, 0.3) is 0 Å². The summed E-state index contributed by atoms with van der Waals surface area (Å²) in [6.45, 7) is 8.15. The van der Waals surface area contributed by atoms with Crippen LogP contribution in [-0.4, -0.2) is 23.9 Å². The average Bonchev–Trinajstić information content (AvgIpc) is 2.69. The summed E-state index contributed by atoms with van der Waals surface area (Å²) in [6, 6.07) is 0. The van der Waals surface area contributed by atoms with Gasteiger partial charge in [0.2, 0.25) is 0 Å². The summed E-state index contributed by atoms with van der Waals surface area (Å²) >= 11 is 0. The first-order valence-electron chi connectivity index (χ1n) is 11.9. The predicted octanol–water partition coefficient (Wildman–Crippen LogP) is -4.73. The van der Waals surface area contributed by atoms with Gasteiger partial charge >= 0.3 is 78.6 Å². The second-order valence-electron chi connectivity index (χ2n) is 7.32. The first kappa shape index (κ1) is 52.0. The molecule has 0 aliphatic carbocycles. The van der Waals surface area contributed by atoms with Crippen LogP contribution in [0.15, 0.2) is 0 Å². The third-order valence-corrected chi connectivity index (χ3v) is 3.94. The summed E-state index contributed by atoms with van der Waals surface area (Å²) in [5.41, 5.74) is 0. The SMILES string of the molecule is CCCCCC(=O)[O-].CCCCCC(=O)[O-].CCCCCC(=O)[O-].CCCCCC(=O)[O-].[Na+].[Na+].[Zn+2]. The van der Waals surface area contributed by atoms with Gasteiger partial charge < -0.3 is 39.6 Å². The summed E-state index contributed by atoms with van der Waals surface area (Å²) < 4.78 is 0. The van der Waals surface area contributed by atoms with E-state index in [1.54, 1.807) is 0 Å². The standard InChI is InChI=1S/4C6H12O2.2Na.Zn/c4*1-2-3-4-5-6(7)8;;;/h4*2-5H2,1H3,(H,7,8);;;/q;;;;2*+1;+2/p-4. The van der Waals surface area contributed by atoms with Crippen molar-refractivity contribution in [1.82, 2.24) is 0 Å². The zero-order chi connectivity index (χ0) is 25.6. The van der Waals surface area contributed by atoms with Crippen LogP contribution < -0.4 is 79.5 Å². The number of carbonyl (C=O) groups is 4. The molecule has 0 bridgehead atoms. The van der Waals surface area contributed by atoms with Gasteiger partial charge in [-0.3, -0.25) is 0 Å². The minimum atomic E-state index is -0.932. The number of carboxylic acids is 4. The Balaban J connectivity index is -0.0000000581. The molecule has 0 spiro atoms. The van der Waals surface area contributed by atoms with E-state index >= 15 is 0 Å². The van der Waals surface area contributed by atoms with Crippen molar-refractivity contribution in [2.24, 2.45) is 0 Å². The van der Waals surface area contributed by atoms with Crippen molar-refractivity contribution in [1.29, 1.82) is 0 Å². The summed E-state index contributed by atoms with van der Waals surface area (Å²) in [4.78, 5) is 39.1. The third-order valence-electron chi connectivity index (χ3n) is 3.94. The van der Waals surface area contributed by atoms with E-state index in [1.165, 1.54) is 0 Å². The fourth-order valence-electron chi connectivity index (χ4n) is 2.08. The van der Waals surface area contributed by atoms with Gasteiger partial charge in [-0.25, -0.2) is 0 Å². The monoisotopic (exact) mass is 570 g/mol. The van der Waals surface area contributed by atoms with E-state index in [4.69, 9.17) is 0 Å². The topological polar surface area (TPSA) is 161 Å². The molecule has 0 N–H and O–H groups in total. The van der Waals surface area contributed by atoms with Gasteiger partial charge in [-0.15, -0.1) is 0 Å². The van der Waals surface area contributed by atoms with Crippen LogP contribution in [0.3, 0.4) is 0 Å². The maximum atomic E-state index is 9.76. The molecule has 0 rings (SSSR count). The Morgan fingerprint density at radius 1 is 0.400 bits per heavy atom. The van der Waals surface area contributed by atoms with Crippen molar-refractivity contribution in [2.75, 3.05) is 0 Å². The molecule has 0 unspecified atom stereocenters.